The molecule has 0 spiro atoms. The van der Waals surface area contributed by atoms with Crippen molar-refractivity contribution in [1.82, 2.24) is 0 Å². The molecule has 2 aromatic rings. The van der Waals surface area contributed by atoms with Crippen LogP contribution in [0, 0.1) is 0 Å². The van der Waals surface area contributed by atoms with E-state index in [9.17, 15) is 4.89 Å². The van der Waals surface area contributed by atoms with Crippen LogP contribution in [0.3, 0.4) is 0 Å². The first-order chi connectivity index (χ1) is 6.88. The molecule has 0 radical (unpaired) electrons. The van der Waals surface area contributed by atoms with E-state index in [2.05, 4.69) is 0 Å². The quantitative estimate of drug-likeness (QED) is 0.601. The summed E-state index contributed by atoms with van der Waals surface area (Å²) in [5, 5.41) is 1.99. The van der Waals surface area contributed by atoms with Gasteiger partial charge < -0.3 is 4.89 Å². The number of hydrogen-bond acceptors (Lipinski definition) is 1. The van der Waals surface area contributed by atoms with Gasteiger partial charge >= 0.3 is 0 Å². The minimum absolute atomic E-state index is 0. The van der Waals surface area contributed by atoms with Gasteiger partial charge in [-0.15, -0.1) is 0 Å². The molecule has 0 atom stereocenters. The maximum Gasteiger partial charge on any atom is 0.187 e. The Hall–Kier alpha value is -0.638. The third kappa shape index (κ3) is 3.16. The first kappa shape index (κ1) is 12.4. The Bertz CT molecular complexity index is 351. The topological polar surface area (TPSA) is 20.2 Å². The van der Waals surface area contributed by atoms with Gasteiger partial charge in [-0.2, -0.15) is 0 Å². The average molecular weight is 232 g/mol. The van der Waals surface area contributed by atoms with E-state index in [-0.39, 0.29) is 17.4 Å². The van der Waals surface area contributed by atoms with Gasteiger partial charge in [0.25, 0.3) is 0 Å². The van der Waals surface area contributed by atoms with Crippen LogP contribution in [0.15, 0.2) is 60.7 Å². The number of benzene rings is 2. The van der Waals surface area contributed by atoms with E-state index < -0.39 is 8.15 Å². The van der Waals surface area contributed by atoms with Crippen LogP contribution in [0.25, 0.3) is 0 Å². The standard InChI is InChI=1S/C12H11OP.Al.3H/c13-14(11-7-3-1-4-8-11)12-9-5-2-6-10-12;;;;/h1-10,13H;;;;. The molecule has 1 N–H and O–H groups in total. The third-order valence-corrected chi connectivity index (χ3v) is 3.58. The van der Waals surface area contributed by atoms with E-state index in [4.69, 9.17) is 0 Å². The molecule has 0 saturated carbocycles. The lowest BCUT2D eigenvalue weighted by atomic mass is 10.4. The molecule has 2 aromatic carbocycles. The van der Waals surface area contributed by atoms with Crippen molar-refractivity contribution in [2.24, 2.45) is 0 Å². The van der Waals surface area contributed by atoms with E-state index >= 15 is 0 Å². The molecule has 0 bridgehead atoms. The van der Waals surface area contributed by atoms with Gasteiger partial charge in [0.1, 0.15) is 0 Å². The highest BCUT2D eigenvalue weighted by Gasteiger charge is 2.08. The monoisotopic (exact) mass is 232 g/mol. The van der Waals surface area contributed by atoms with Gasteiger partial charge in [-0.1, -0.05) is 60.7 Å². The van der Waals surface area contributed by atoms with Crippen molar-refractivity contribution in [2.45, 2.75) is 0 Å². The van der Waals surface area contributed by atoms with Crippen molar-refractivity contribution >= 4 is 36.1 Å². The predicted molar refractivity (Wildman–Crippen MR) is 71.2 cm³/mol. The van der Waals surface area contributed by atoms with Crippen LogP contribution in [0.2, 0.25) is 0 Å². The van der Waals surface area contributed by atoms with Crippen LogP contribution >= 0.6 is 8.15 Å². The van der Waals surface area contributed by atoms with Gasteiger partial charge in [0.15, 0.2) is 17.4 Å². The molecule has 0 aliphatic heterocycles. The first-order valence-corrected chi connectivity index (χ1v) is 5.76. The average Bonchev–Trinajstić information content (AvgIpc) is 2.30. The van der Waals surface area contributed by atoms with E-state index in [0.29, 0.717) is 0 Å². The Morgan fingerprint density at radius 3 is 1.33 bits per heavy atom. The van der Waals surface area contributed by atoms with Gasteiger partial charge in [0.2, 0.25) is 0 Å². The number of hydrogen-bond donors (Lipinski definition) is 1. The summed E-state index contributed by atoms with van der Waals surface area (Å²) in [4.78, 5) is 10.1. The maximum atomic E-state index is 10.1. The molecule has 0 aliphatic carbocycles. The Morgan fingerprint density at radius 1 is 0.667 bits per heavy atom. The van der Waals surface area contributed by atoms with Gasteiger partial charge in [-0.05, 0) is 0 Å². The van der Waals surface area contributed by atoms with Crippen molar-refractivity contribution in [3.8, 4) is 0 Å². The summed E-state index contributed by atoms with van der Waals surface area (Å²) in [7, 11) is -1.17. The minimum Gasteiger partial charge on any atom is -0.364 e. The van der Waals surface area contributed by atoms with E-state index in [1.54, 1.807) is 0 Å². The second-order valence-corrected chi connectivity index (χ2v) is 4.64. The van der Waals surface area contributed by atoms with Crippen LogP contribution < -0.4 is 10.6 Å². The van der Waals surface area contributed by atoms with E-state index in [0.717, 1.165) is 10.6 Å². The molecule has 0 fully saturated rings. The largest absolute Gasteiger partial charge is 0.364 e. The normalized spacial score (nSPS) is 9.73. The van der Waals surface area contributed by atoms with Crippen molar-refractivity contribution in [2.75, 3.05) is 0 Å². The molecular weight excluding hydrogens is 218 g/mol. The fourth-order valence-corrected chi connectivity index (χ4v) is 2.49. The molecule has 0 aromatic heterocycles. The Labute approximate surface area is 102 Å². The van der Waals surface area contributed by atoms with Gasteiger partial charge in [-0.3, -0.25) is 0 Å². The summed E-state index contributed by atoms with van der Waals surface area (Å²) in [6.07, 6.45) is 0. The molecule has 0 unspecified atom stereocenters. The lowest BCUT2D eigenvalue weighted by Crippen LogP contribution is -2.09. The molecule has 1 nitrogen and oxygen atoms in total. The number of rotatable bonds is 2. The van der Waals surface area contributed by atoms with E-state index in [1.165, 1.54) is 0 Å². The summed E-state index contributed by atoms with van der Waals surface area (Å²) in [6.45, 7) is 0. The first-order valence-electron chi connectivity index (χ1n) is 4.47. The fourth-order valence-electron chi connectivity index (χ4n) is 1.29. The molecule has 3 heteroatoms. The molecular formula is C12H14AlOP. The molecule has 0 aliphatic rings. The van der Waals surface area contributed by atoms with Crippen LogP contribution in [0.1, 0.15) is 0 Å². The summed E-state index contributed by atoms with van der Waals surface area (Å²) in [6, 6.07) is 19.5. The summed E-state index contributed by atoms with van der Waals surface area (Å²) >= 11 is 0. The minimum atomic E-state index is -1.17. The Balaban J connectivity index is 0.00000112. The summed E-state index contributed by atoms with van der Waals surface area (Å²) in [5.74, 6) is 0. The summed E-state index contributed by atoms with van der Waals surface area (Å²) < 4.78 is 0. The summed E-state index contributed by atoms with van der Waals surface area (Å²) in [5.41, 5.74) is 0. The Morgan fingerprint density at radius 2 is 1.00 bits per heavy atom. The molecule has 2 rings (SSSR count). The SMILES string of the molecule is OP(c1ccccc1)c1ccccc1.[AlH3]. The van der Waals surface area contributed by atoms with Crippen LogP contribution in [0.4, 0.5) is 0 Å². The lowest BCUT2D eigenvalue weighted by molar-refractivity contribution is 0.644. The second kappa shape index (κ2) is 6.06. The predicted octanol–water partition coefficient (Wildman–Crippen LogP) is 0.843. The molecule has 0 heterocycles. The zero-order chi connectivity index (χ0) is 9.80. The van der Waals surface area contributed by atoms with Gasteiger partial charge in [0.05, 0.1) is 8.15 Å². The van der Waals surface area contributed by atoms with Crippen molar-refractivity contribution < 1.29 is 4.89 Å². The molecule has 15 heavy (non-hydrogen) atoms. The zero-order valence-electron chi connectivity index (χ0n) is 7.67. The molecule has 0 saturated heterocycles. The zero-order valence-corrected chi connectivity index (χ0v) is 8.56. The lowest BCUT2D eigenvalue weighted by Gasteiger charge is -2.09. The van der Waals surface area contributed by atoms with Crippen LogP contribution in [-0.4, -0.2) is 22.3 Å². The highest BCUT2D eigenvalue weighted by Crippen LogP contribution is 2.26. The van der Waals surface area contributed by atoms with Crippen LogP contribution in [0.5, 0.6) is 0 Å². The van der Waals surface area contributed by atoms with E-state index in [1.807, 2.05) is 60.7 Å². The van der Waals surface area contributed by atoms with Crippen LogP contribution in [-0.2, 0) is 0 Å². The highest BCUT2D eigenvalue weighted by atomic mass is 31.1. The second-order valence-electron chi connectivity index (χ2n) is 2.98. The van der Waals surface area contributed by atoms with Gasteiger partial charge in [-0.25, -0.2) is 0 Å². The van der Waals surface area contributed by atoms with Crippen molar-refractivity contribution in [3.63, 3.8) is 0 Å². The fraction of sp³-hybridized carbons (Fsp3) is 0. The molecule has 0 amide bonds. The highest BCUT2D eigenvalue weighted by molar-refractivity contribution is 7.67. The van der Waals surface area contributed by atoms with Crippen molar-refractivity contribution in [1.29, 1.82) is 0 Å². The van der Waals surface area contributed by atoms with Gasteiger partial charge in [0, 0.05) is 10.6 Å². The smallest absolute Gasteiger partial charge is 0.187 e. The maximum absolute atomic E-state index is 10.1. The molecule has 76 valence electrons. The third-order valence-electron chi connectivity index (χ3n) is 2.00. The van der Waals surface area contributed by atoms with Crippen molar-refractivity contribution in [3.05, 3.63) is 60.7 Å². The Kier molecular flexibility index (Phi) is 5.02.